The molecule has 0 bridgehead atoms. The lowest BCUT2D eigenvalue weighted by molar-refractivity contribution is 0.0505. The quantitative estimate of drug-likeness (QED) is 0.861. The zero-order valence-electron chi connectivity index (χ0n) is 11.4. The molecular formula is C12H21N3O2. The van der Waals surface area contributed by atoms with Gasteiger partial charge in [0.15, 0.2) is 0 Å². The smallest absolute Gasteiger partial charge is 0.408 e. The highest BCUT2D eigenvalue weighted by Crippen LogP contribution is 2.13. The summed E-state index contributed by atoms with van der Waals surface area (Å²) >= 11 is 0. The molecule has 1 rings (SSSR count). The number of ether oxygens (including phenoxy) is 1. The molecule has 0 saturated carbocycles. The van der Waals surface area contributed by atoms with Gasteiger partial charge >= 0.3 is 6.09 Å². The molecule has 1 amide bonds. The van der Waals surface area contributed by atoms with Gasteiger partial charge in [-0.2, -0.15) is 0 Å². The number of hydrogen-bond acceptors (Lipinski definition) is 3. The van der Waals surface area contributed by atoms with Crippen LogP contribution in [0.5, 0.6) is 0 Å². The fourth-order valence-electron chi connectivity index (χ4n) is 1.46. The van der Waals surface area contributed by atoms with Gasteiger partial charge in [-0.3, -0.25) is 0 Å². The van der Waals surface area contributed by atoms with E-state index in [4.69, 9.17) is 4.74 Å². The average molecular weight is 239 g/mol. The first kappa shape index (κ1) is 13.5. The highest BCUT2D eigenvalue weighted by atomic mass is 16.6. The molecule has 96 valence electrons. The number of carbonyl (C=O) groups excluding carboxylic acids is 1. The van der Waals surface area contributed by atoms with Crippen LogP contribution in [0.1, 0.15) is 45.3 Å². The summed E-state index contributed by atoms with van der Waals surface area (Å²) in [6.07, 6.45) is 1.36. The van der Waals surface area contributed by atoms with E-state index in [1.165, 1.54) is 0 Å². The molecule has 1 heterocycles. The van der Waals surface area contributed by atoms with Crippen molar-refractivity contribution in [3.8, 4) is 0 Å². The highest BCUT2D eigenvalue weighted by Gasteiger charge is 2.20. The number of rotatable bonds is 2. The number of nitrogens with one attached hydrogen (secondary N) is 1. The average Bonchev–Trinajstić information content (AvgIpc) is 2.44. The number of hydrogen-bond donors (Lipinski definition) is 1. The zero-order valence-corrected chi connectivity index (χ0v) is 11.4. The number of carbonyl (C=O) groups is 1. The molecule has 0 unspecified atom stereocenters. The first-order valence-electron chi connectivity index (χ1n) is 5.68. The maximum Gasteiger partial charge on any atom is 0.408 e. The van der Waals surface area contributed by atoms with Crippen molar-refractivity contribution in [1.82, 2.24) is 14.9 Å². The summed E-state index contributed by atoms with van der Waals surface area (Å²) in [5.74, 6) is 0.813. The second-order valence-electron chi connectivity index (χ2n) is 5.18. The molecular weight excluding hydrogens is 218 g/mol. The van der Waals surface area contributed by atoms with Crippen LogP contribution < -0.4 is 5.32 Å². The van der Waals surface area contributed by atoms with Crippen LogP contribution in [0.15, 0.2) is 6.20 Å². The van der Waals surface area contributed by atoms with E-state index in [9.17, 15) is 4.79 Å². The minimum absolute atomic E-state index is 0.177. The Balaban J connectivity index is 2.64. The maximum absolute atomic E-state index is 11.6. The van der Waals surface area contributed by atoms with Gasteiger partial charge < -0.3 is 14.6 Å². The minimum atomic E-state index is -0.485. The number of aryl methyl sites for hydroxylation is 1. The van der Waals surface area contributed by atoms with Crippen molar-refractivity contribution in [3.63, 3.8) is 0 Å². The number of alkyl carbamates (subject to hydrolysis) is 1. The van der Waals surface area contributed by atoms with Gasteiger partial charge in [-0.1, -0.05) is 0 Å². The summed E-state index contributed by atoms with van der Waals surface area (Å²) < 4.78 is 7.14. The van der Waals surface area contributed by atoms with Gasteiger partial charge in [0.25, 0.3) is 0 Å². The summed E-state index contributed by atoms with van der Waals surface area (Å²) in [6.45, 7) is 9.36. The molecule has 5 heteroatoms. The Morgan fingerprint density at radius 2 is 2.12 bits per heavy atom. The van der Waals surface area contributed by atoms with Gasteiger partial charge in [-0.25, -0.2) is 9.78 Å². The summed E-state index contributed by atoms with van der Waals surface area (Å²) in [6, 6.07) is -0.177. The SMILES string of the molecule is Cc1cnc([C@@H](C)NC(=O)OC(C)(C)C)n1C. The Morgan fingerprint density at radius 1 is 1.53 bits per heavy atom. The number of nitrogens with zero attached hydrogens (tertiary/aromatic N) is 2. The van der Waals surface area contributed by atoms with Crippen LogP contribution in [-0.2, 0) is 11.8 Å². The van der Waals surface area contributed by atoms with E-state index in [2.05, 4.69) is 10.3 Å². The molecule has 0 radical (unpaired) electrons. The van der Waals surface area contributed by atoms with Crippen LogP contribution in [0, 0.1) is 6.92 Å². The second-order valence-corrected chi connectivity index (χ2v) is 5.18. The first-order chi connectivity index (χ1) is 7.70. The van der Waals surface area contributed by atoms with E-state index in [0.29, 0.717) is 0 Å². The van der Waals surface area contributed by atoms with E-state index in [1.54, 1.807) is 6.20 Å². The molecule has 1 aromatic heterocycles. The maximum atomic E-state index is 11.6. The van der Waals surface area contributed by atoms with Gasteiger partial charge in [0.2, 0.25) is 0 Å². The zero-order chi connectivity index (χ0) is 13.2. The van der Waals surface area contributed by atoms with Crippen LogP contribution in [0.2, 0.25) is 0 Å². The molecule has 1 aromatic rings. The van der Waals surface area contributed by atoms with Crippen LogP contribution in [0.25, 0.3) is 0 Å². The van der Waals surface area contributed by atoms with Gasteiger partial charge in [0, 0.05) is 18.9 Å². The van der Waals surface area contributed by atoms with Gasteiger partial charge in [-0.05, 0) is 34.6 Å². The van der Waals surface area contributed by atoms with Crippen LogP contribution >= 0.6 is 0 Å². The summed E-state index contributed by atoms with van der Waals surface area (Å²) in [5.41, 5.74) is 0.569. The van der Waals surface area contributed by atoms with E-state index in [-0.39, 0.29) is 6.04 Å². The van der Waals surface area contributed by atoms with Crippen molar-refractivity contribution >= 4 is 6.09 Å². The largest absolute Gasteiger partial charge is 0.444 e. The standard InChI is InChI=1S/C12H21N3O2/c1-8-7-13-10(15(8)6)9(2)14-11(16)17-12(3,4)5/h7,9H,1-6H3,(H,14,16)/t9-/m1/s1. The summed E-state index contributed by atoms with van der Waals surface area (Å²) in [4.78, 5) is 15.8. The van der Waals surface area contributed by atoms with Crippen LogP contribution in [0.4, 0.5) is 4.79 Å². The van der Waals surface area contributed by atoms with E-state index in [0.717, 1.165) is 11.5 Å². The van der Waals surface area contributed by atoms with Crippen molar-refractivity contribution in [3.05, 3.63) is 17.7 Å². The lowest BCUT2D eigenvalue weighted by atomic mass is 10.2. The van der Waals surface area contributed by atoms with Crippen LogP contribution in [0.3, 0.4) is 0 Å². The van der Waals surface area contributed by atoms with E-state index in [1.807, 2.05) is 46.2 Å². The molecule has 0 saturated heterocycles. The Morgan fingerprint density at radius 3 is 2.53 bits per heavy atom. The molecule has 0 aliphatic rings. The molecule has 1 atom stereocenters. The highest BCUT2D eigenvalue weighted by molar-refractivity contribution is 5.68. The lowest BCUT2D eigenvalue weighted by Gasteiger charge is -2.21. The normalized spacial score (nSPS) is 13.3. The third-order valence-electron chi connectivity index (χ3n) is 2.38. The number of amides is 1. The van der Waals surface area contributed by atoms with E-state index >= 15 is 0 Å². The molecule has 0 aromatic carbocycles. The van der Waals surface area contributed by atoms with Crippen molar-refractivity contribution in [2.75, 3.05) is 0 Å². The molecule has 0 aliphatic heterocycles. The summed E-state index contributed by atoms with van der Waals surface area (Å²) in [5, 5.41) is 2.76. The van der Waals surface area contributed by atoms with Gasteiger partial charge in [0.1, 0.15) is 11.4 Å². The molecule has 0 spiro atoms. The molecule has 5 nitrogen and oxygen atoms in total. The first-order valence-corrected chi connectivity index (χ1v) is 5.68. The minimum Gasteiger partial charge on any atom is -0.444 e. The van der Waals surface area contributed by atoms with E-state index < -0.39 is 11.7 Å². The Bertz CT molecular complexity index is 404. The second kappa shape index (κ2) is 4.77. The van der Waals surface area contributed by atoms with Crippen molar-refractivity contribution in [1.29, 1.82) is 0 Å². The lowest BCUT2D eigenvalue weighted by Crippen LogP contribution is -2.34. The number of aromatic nitrogens is 2. The third kappa shape index (κ3) is 3.76. The van der Waals surface area contributed by atoms with Crippen molar-refractivity contribution in [2.24, 2.45) is 7.05 Å². The Kier molecular flexibility index (Phi) is 3.80. The number of imidazole rings is 1. The fourth-order valence-corrected chi connectivity index (χ4v) is 1.46. The van der Waals surface area contributed by atoms with Gasteiger partial charge in [-0.15, -0.1) is 0 Å². The predicted octanol–water partition coefficient (Wildman–Crippen LogP) is 2.31. The molecule has 1 N–H and O–H groups in total. The summed E-state index contributed by atoms with van der Waals surface area (Å²) in [7, 11) is 1.92. The molecule has 17 heavy (non-hydrogen) atoms. The van der Waals surface area contributed by atoms with Crippen molar-refractivity contribution < 1.29 is 9.53 Å². The van der Waals surface area contributed by atoms with Crippen LogP contribution in [-0.4, -0.2) is 21.2 Å². The Hall–Kier alpha value is -1.52. The monoisotopic (exact) mass is 239 g/mol. The topological polar surface area (TPSA) is 56.1 Å². The third-order valence-corrected chi connectivity index (χ3v) is 2.38. The van der Waals surface area contributed by atoms with Crippen molar-refractivity contribution in [2.45, 2.75) is 46.3 Å². The fraction of sp³-hybridized carbons (Fsp3) is 0.667. The van der Waals surface area contributed by atoms with Gasteiger partial charge in [0.05, 0.1) is 6.04 Å². The Labute approximate surface area is 102 Å². The molecule has 0 fully saturated rings. The molecule has 0 aliphatic carbocycles. The predicted molar refractivity (Wildman–Crippen MR) is 65.7 cm³/mol.